The van der Waals surface area contributed by atoms with E-state index in [1.165, 1.54) is 0 Å². The summed E-state index contributed by atoms with van der Waals surface area (Å²) in [7, 11) is 0. The lowest BCUT2D eigenvalue weighted by molar-refractivity contribution is 0.0933. The van der Waals surface area contributed by atoms with E-state index in [-0.39, 0.29) is 11.9 Å². The summed E-state index contributed by atoms with van der Waals surface area (Å²) < 4.78 is 1.60. The molecule has 0 saturated carbocycles. The first-order chi connectivity index (χ1) is 7.08. The zero-order chi connectivity index (χ0) is 11.4. The molecule has 0 bridgehead atoms. The molecule has 3 N–H and O–H groups in total. The summed E-state index contributed by atoms with van der Waals surface area (Å²) in [6.07, 6.45) is 0.899. The van der Waals surface area contributed by atoms with Gasteiger partial charge in [-0.1, -0.05) is 6.92 Å². The Morgan fingerprint density at radius 2 is 2.33 bits per heavy atom. The van der Waals surface area contributed by atoms with Gasteiger partial charge in [-0.3, -0.25) is 4.79 Å². The summed E-state index contributed by atoms with van der Waals surface area (Å²) in [6, 6.07) is 1.76. The Hall–Kier alpha value is -1.52. The van der Waals surface area contributed by atoms with Crippen molar-refractivity contribution < 1.29 is 4.79 Å². The Kier molecular flexibility index (Phi) is 3.71. The number of aryl methyl sites for hydroxylation is 1. The van der Waals surface area contributed by atoms with Crippen LogP contribution in [0.5, 0.6) is 0 Å². The van der Waals surface area contributed by atoms with Crippen LogP contribution in [0.4, 0.5) is 5.82 Å². The first-order valence-corrected chi connectivity index (χ1v) is 5.22. The lowest BCUT2D eigenvalue weighted by Gasteiger charge is -2.09. The number of hydrogen-bond acceptors (Lipinski definition) is 3. The van der Waals surface area contributed by atoms with Crippen molar-refractivity contribution in [3.8, 4) is 0 Å². The predicted molar refractivity (Wildman–Crippen MR) is 59.5 cm³/mol. The third-order valence-corrected chi connectivity index (χ3v) is 2.33. The number of carbonyl (C=O) groups excluding carboxylic acids is 1. The van der Waals surface area contributed by atoms with Crippen molar-refractivity contribution in [2.75, 3.05) is 5.73 Å². The number of rotatable bonds is 4. The molecule has 1 aromatic rings. The van der Waals surface area contributed by atoms with Gasteiger partial charge in [0, 0.05) is 18.7 Å². The van der Waals surface area contributed by atoms with E-state index >= 15 is 0 Å². The van der Waals surface area contributed by atoms with Crippen LogP contribution in [0.2, 0.25) is 0 Å². The number of anilines is 1. The molecule has 0 fully saturated rings. The average Bonchev–Trinajstić information content (AvgIpc) is 2.59. The molecule has 1 heterocycles. The van der Waals surface area contributed by atoms with E-state index in [4.69, 9.17) is 5.73 Å². The summed E-state index contributed by atoms with van der Waals surface area (Å²) in [6.45, 7) is 6.57. The maximum atomic E-state index is 11.7. The monoisotopic (exact) mass is 210 g/mol. The zero-order valence-corrected chi connectivity index (χ0v) is 9.45. The molecular weight excluding hydrogens is 192 g/mol. The summed E-state index contributed by atoms with van der Waals surface area (Å²) >= 11 is 0. The zero-order valence-electron chi connectivity index (χ0n) is 9.45. The summed E-state index contributed by atoms with van der Waals surface area (Å²) in [5, 5.41) is 6.94. The molecule has 1 amide bonds. The molecule has 0 unspecified atom stereocenters. The Morgan fingerprint density at radius 1 is 1.67 bits per heavy atom. The van der Waals surface area contributed by atoms with Gasteiger partial charge in [0.1, 0.15) is 5.82 Å². The van der Waals surface area contributed by atoms with Gasteiger partial charge in [-0.05, 0) is 20.3 Å². The van der Waals surface area contributed by atoms with E-state index in [9.17, 15) is 4.79 Å². The molecule has 0 aliphatic carbocycles. The van der Waals surface area contributed by atoms with E-state index in [0.29, 0.717) is 18.1 Å². The maximum Gasteiger partial charge on any atom is 0.272 e. The van der Waals surface area contributed by atoms with Gasteiger partial charge in [-0.25, -0.2) is 4.68 Å². The second-order valence-electron chi connectivity index (χ2n) is 3.55. The molecule has 1 aromatic heterocycles. The van der Waals surface area contributed by atoms with E-state index in [2.05, 4.69) is 10.4 Å². The van der Waals surface area contributed by atoms with Gasteiger partial charge in [-0.15, -0.1) is 0 Å². The molecule has 0 aliphatic heterocycles. The van der Waals surface area contributed by atoms with Crippen LogP contribution < -0.4 is 11.1 Å². The van der Waals surface area contributed by atoms with Gasteiger partial charge in [-0.2, -0.15) is 5.10 Å². The van der Waals surface area contributed by atoms with Gasteiger partial charge in [0.15, 0.2) is 5.69 Å². The lowest BCUT2D eigenvalue weighted by Crippen LogP contribution is -2.32. The topological polar surface area (TPSA) is 72.9 Å². The fourth-order valence-corrected chi connectivity index (χ4v) is 1.20. The highest BCUT2D eigenvalue weighted by Gasteiger charge is 2.13. The normalized spacial score (nSPS) is 12.5. The minimum Gasteiger partial charge on any atom is -0.384 e. The number of nitrogens with two attached hydrogens (primary N) is 1. The highest BCUT2D eigenvalue weighted by atomic mass is 16.2. The van der Waals surface area contributed by atoms with Crippen molar-refractivity contribution >= 4 is 11.7 Å². The van der Waals surface area contributed by atoms with Crippen LogP contribution in [-0.4, -0.2) is 21.7 Å². The summed E-state index contributed by atoms with van der Waals surface area (Å²) in [4.78, 5) is 11.7. The van der Waals surface area contributed by atoms with E-state index in [1.54, 1.807) is 10.7 Å². The second kappa shape index (κ2) is 4.82. The third kappa shape index (κ3) is 2.71. The van der Waals surface area contributed by atoms with Crippen molar-refractivity contribution in [1.29, 1.82) is 0 Å². The van der Waals surface area contributed by atoms with Gasteiger partial charge < -0.3 is 11.1 Å². The minimum atomic E-state index is -0.164. The SMILES string of the molecule is CC[C@H](C)NC(=O)c1cc(N)n(CC)n1. The van der Waals surface area contributed by atoms with Gasteiger partial charge in [0.25, 0.3) is 5.91 Å². The molecule has 0 spiro atoms. The minimum absolute atomic E-state index is 0.158. The molecule has 1 rings (SSSR count). The van der Waals surface area contributed by atoms with Crippen molar-refractivity contribution in [2.24, 2.45) is 0 Å². The van der Waals surface area contributed by atoms with E-state index in [0.717, 1.165) is 6.42 Å². The number of hydrogen-bond donors (Lipinski definition) is 2. The van der Waals surface area contributed by atoms with Crippen LogP contribution in [0, 0.1) is 0 Å². The predicted octanol–water partition coefficient (Wildman–Crippen LogP) is 1.01. The van der Waals surface area contributed by atoms with Crippen LogP contribution >= 0.6 is 0 Å². The maximum absolute atomic E-state index is 11.7. The Bertz CT molecular complexity index is 345. The largest absolute Gasteiger partial charge is 0.384 e. The Balaban J connectivity index is 2.74. The molecule has 1 atom stereocenters. The average molecular weight is 210 g/mol. The van der Waals surface area contributed by atoms with Crippen molar-refractivity contribution in [2.45, 2.75) is 39.8 Å². The van der Waals surface area contributed by atoms with Crippen molar-refractivity contribution in [1.82, 2.24) is 15.1 Å². The highest BCUT2D eigenvalue weighted by molar-refractivity contribution is 5.93. The van der Waals surface area contributed by atoms with E-state index < -0.39 is 0 Å². The summed E-state index contributed by atoms with van der Waals surface area (Å²) in [5.41, 5.74) is 6.06. The molecular formula is C10H18N4O. The van der Waals surface area contributed by atoms with Gasteiger partial charge in [0.2, 0.25) is 0 Å². The number of carbonyl (C=O) groups is 1. The standard InChI is InChI=1S/C10H18N4O/c1-4-7(3)12-10(15)8-6-9(11)14(5-2)13-8/h6-7H,4-5,11H2,1-3H3,(H,12,15)/t7-/m0/s1. The number of aromatic nitrogens is 2. The van der Waals surface area contributed by atoms with Crippen LogP contribution in [0.1, 0.15) is 37.7 Å². The number of nitrogens with one attached hydrogen (secondary N) is 1. The van der Waals surface area contributed by atoms with Crippen LogP contribution in [0.25, 0.3) is 0 Å². The first kappa shape index (κ1) is 11.6. The summed E-state index contributed by atoms with van der Waals surface area (Å²) in [5.74, 6) is 0.357. The van der Waals surface area contributed by atoms with Crippen molar-refractivity contribution in [3.05, 3.63) is 11.8 Å². The van der Waals surface area contributed by atoms with Gasteiger partial charge >= 0.3 is 0 Å². The van der Waals surface area contributed by atoms with Crippen molar-refractivity contribution in [3.63, 3.8) is 0 Å². The number of amides is 1. The lowest BCUT2D eigenvalue weighted by atomic mass is 10.2. The third-order valence-electron chi connectivity index (χ3n) is 2.33. The quantitative estimate of drug-likeness (QED) is 0.779. The smallest absolute Gasteiger partial charge is 0.272 e. The fourth-order valence-electron chi connectivity index (χ4n) is 1.20. The molecule has 5 nitrogen and oxygen atoms in total. The van der Waals surface area contributed by atoms with E-state index in [1.807, 2.05) is 20.8 Å². The highest BCUT2D eigenvalue weighted by Crippen LogP contribution is 2.06. The molecule has 0 saturated heterocycles. The van der Waals surface area contributed by atoms with Crippen LogP contribution in [0.15, 0.2) is 6.07 Å². The Morgan fingerprint density at radius 3 is 2.80 bits per heavy atom. The molecule has 0 radical (unpaired) electrons. The molecule has 15 heavy (non-hydrogen) atoms. The molecule has 5 heteroatoms. The van der Waals surface area contributed by atoms with Gasteiger partial charge in [0.05, 0.1) is 0 Å². The molecule has 0 aliphatic rings. The number of nitrogen functional groups attached to an aromatic ring is 1. The molecule has 84 valence electrons. The first-order valence-electron chi connectivity index (χ1n) is 5.22. The second-order valence-corrected chi connectivity index (χ2v) is 3.55. The fraction of sp³-hybridized carbons (Fsp3) is 0.600. The molecule has 0 aromatic carbocycles. The van der Waals surface area contributed by atoms with Crippen LogP contribution in [0.3, 0.4) is 0 Å². The van der Waals surface area contributed by atoms with Crippen LogP contribution in [-0.2, 0) is 6.54 Å². The number of nitrogens with zero attached hydrogens (tertiary/aromatic N) is 2. The Labute approximate surface area is 89.6 Å².